The fraction of sp³-hybridized carbons (Fsp3) is 0.273. The number of carbonyl (C=O) groups excluding carboxylic acids is 1. The van der Waals surface area contributed by atoms with Crippen LogP contribution in [0.15, 0.2) is 59.7 Å². The third-order valence-electron chi connectivity index (χ3n) is 4.59. The van der Waals surface area contributed by atoms with Gasteiger partial charge in [-0.05, 0) is 48.1 Å². The highest BCUT2D eigenvalue weighted by Crippen LogP contribution is 2.25. The number of H-pyrrole nitrogens is 1. The number of hydrogen-bond acceptors (Lipinski definition) is 3. The van der Waals surface area contributed by atoms with E-state index in [1.54, 1.807) is 7.05 Å². The van der Waals surface area contributed by atoms with Crippen molar-refractivity contribution in [1.29, 1.82) is 0 Å². The van der Waals surface area contributed by atoms with Gasteiger partial charge in [-0.25, -0.2) is 4.79 Å². The smallest absolute Gasteiger partial charge is 0.411 e. The van der Waals surface area contributed by atoms with Gasteiger partial charge in [0.15, 0.2) is 0 Å². The second-order valence-corrected chi connectivity index (χ2v) is 6.54. The van der Waals surface area contributed by atoms with Crippen LogP contribution in [-0.4, -0.2) is 24.3 Å². The number of rotatable bonds is 7. The van der Waals surface area contributed by atoms with E-state index < -0.39 is 6.09 Å². The topological polar surface area (TPSA) is 66.5 Å². The first-order valence-corrected chi connectivity index (χ1v) is 9.19. The van der Waals surface area contributed by atoms with Crippen molar-refractivity contribution in [1.82, 2.24) is 4.98 Å². The monoisotopic (exact) mass is 363 g/mol. The van der Waals surface area contributed by atoms with Crippen LogP contribution in [0.4, 0.5) is 10.5 Å². The molecule has 2 aromatic carbocycles. The summed E-state index contributed by atoms with van der Waals surface area (Å²) in [7, 11) is 1.81. The highest BCUT2D eigenvalue weighted by Gasteiger charge is 2.11. The molecule has 0 aliphatic rings. The van der Waals surface area contributed by atoms with E-state index in [0.717, 1.165) is 35.0 Å². The van der Waals surface area contributed by atoms with Crippen molar-refractivity contribution in [3.63, 3.8) is 0 Å². The zero-order valence-corrected chi connectivity index (χ0v) is 15.7. The van der Waals surface area contributed by atoms with Crippen LogP contribution in [0.5, 0.6) is 0 Å². The average molecular weight is 363 g/mol. The molecule has 0 saturated carbocycles. The van der Waals surface area contributed by atoms with Gasteiger partial charge in [-0.15, -0.1) is 0 Å². The molecule has 0 aliphatic heterocycles. The number of aromatic nitrogens is 1. The highest BCUT2D eigenvalue weighted by atomic mass is 16.5. The van der Waals surface area contributed by atoms with Crippen molar-refractivity contribution in [2.24, 2.45) is 10.9 Å². The number of ether oxygens (including phenoxy) is 1. The Bertz CT molecular complexity index is 916. The Kier molecular flexibility index (Phi) is 6.26. The van der Waals surface area contributed by atoms with Crippen LogP contribution in [0.1, 0.15) is 24.5 Å². The number of anilines is 1. The molecule has 0 unspecified atom stereocenters. The first kappa shape index (κ1) is 18.7. The van der Waals surface area contributed by atoms with Crippen LogP contribution in [-0.2, 0) is 17.8 Å². The molecule has 1 atom stereocenters. The number of fused-ring (bicyclic) bond motifs is 1. The predicted molar refractivity (Wildman–Crippen MR) is 110 cm³/mol. The minimum Gasteiger partial charge on any atom is -0.444 e. The number of aliphatic imine (C=N–C) groups is 1. The Labute approximate surface area is 159 Å². The summed E-state index contributed by atoms with van der Waals surface area (Å²) in [4.78, 5) is 19.6. The molecule has 27 heavy (non-hydrogen) atoms. The summed E-state index contributed by atoms with van der Waals surface area (Å²) < 4.78 is 5.29. The van der Waals surface area contributed by atoms with Gasteiger partial charge in [-0.2, -0.15) is 0 Å². The minimum atomic E-state index is -0.458. The lowest BCUT2D eigenvalue weighted by atomic mass is 9.97. The zero-order valence-electron chi connectivity index (χ0n) is 15.7. The number of benzene rings is 2. The number of amides is 1. The molecule has 0 bridgehead atoms. The number of nitrogens with one attached hydrogen (secondary N) is 2. The fourth-order valence-corrected chi connectivity index (χ4v) is 3.10. The number of aromatic amines is 1. The standard InChI is InChI=1S/C22H25N3O2/c1-3-16(13-23-2)11-18-14-24-21-10-9-19(12-20(18)21)25-22(26)27-15-17-7-5-4-6-8-17/h4-10,12-14,16,24H,3,11,15H2,1-2H3,(H,25,26)/t16-/m1/s1. The molecule has 0 spiro atoms. The minimum absolute atomic E-state index is 0.249. The van der Waals surface area contributed by atoms with Gasteiger partial charge < -0.3 is 14.7 Å². The van der Waals surface area contributed by atoms with Crippen LogP contribution in [0.25, 0.3) is 10.9 Å². The van der Waals surface area contributed by atoms with Gasteiger partial charge in [-0.1, -0.05) is 37.3 Å². The first-order valence-electron chi connectivity index (χ1n) is 9.19. The molecule has 3 aromatic rings. The molecule has 1 aromatic heterocycles. The summed E-state index contributed by atoms with van der Waals surface area (Å²) in [5.74, 6) is 0.404. The fourth-order valence-electron chi connectivity index (χ4n) is 3.10. The van der Waals surface area contributed by atoms with Gasteiger partial charge in [0.1, 0.15) is 6.61 Å². The summed E-state index contributed by atoms with van der Waals surface area (Å²) in [6, 6.07) is 15.5. The van der Waals surface area contributed by atoms with Crippen molar-refractivity contribution in [3.05, 3.63) is 65.9 Å². The molecule has 2 N–H and O–H groups in total. The SMILES string of the molecule is CC[C@@H](C=NC)Cc1c[nH]c2ccc(NC(=O)OCc3ccccc3)cc12. The maximum atomic E-state index is 12.1. The lowest BCUT2D eigenvalue weighted by Gasteiger charge is -2.10. The van der Waals surface area contributed by atoms with Crippen molar-refractivity contribution in [3.8, 4) is 0 Å². The second kappa shape index (κ2) is 9.03. The van der Waals surface area contributed by atoms with Gasteiger partial charge in [0.2, 0.25) is 0 Å². The van der Waals surface area contributed by atoms with E-state index >= 15 is 0 Å². The zero-order chi connectivity index (χ0) is 19.1. The molecule has 5 heteroatoms. The van der Waals surface area contributed by atoms with Gasteiger partial charge >= 0.3 is 6.09 Å². The van der Waals surface area contributed by atoms with E-state index in [4.69, 9.17) is 4.74 Å². The summed E-state index contributed by atoms with van der Waals surface area (Å²) in [6.45, 7) is 2.41. The largest absolute Gasteiger partial charge is 0.444 e. The Balaban J connectivity index is 1.68. The number of carbonyl (C=O) groups is 1. The second-order valence-electron chi connectivity index (χ2n) is 6.54. The van der Waals surface area contributed by atoms with Gasteiger partial charge in [0.25, 0.3) is 0 Å². The van der Waals surface area contributed by atoms with Gasteiger partial charge in [-0.3, -0.25) is 5.32 Å². The van der Waals surface area contributed by atoms with E-state index in [1.807, 2.05) is 60.9 Å². The lowest BCUT2D eigenvalue weighted by molar-refractivity contribution is 0.155. The van der Waals surface area contributed by atoms with Crippen molar-refractivity contribution in [2.75, 3.05) is 12.4 Å². The molecule has 0 saturated heterocycles. The molecule has 140 valence electrons. The Morgan fingerprint density at radius 3 is 2.81 bits per heavy atom. The highest BCUT2D eigenvalue weighted by molar-refractivity contribution is 5.91. The van der Waals surface area contributed by atoms with Crippen LogP contribution < -0.4 is 5.32 Å². The van der Waals surface area contributed by atoms with Crippen LogP contribution >= 0.6 is 0 Å². The molecule has 1 heterocycles. The van der Waals surface area contributed by atoms with Crippen LogP contribution in [0.3, 0.4) is 0 Å². The van der Waals surface area contributed by atoms with Crippen LogP contribution in [0.2, 0.25) is 0 Å². The van der Waals surface area contributed by atoms with E-state index in [2.05, 4.69) is 22.2 Å². The molecule has 5 nitrogen and oxygen atoms in total. The molecular weight excluding hydrogens is 338 g/mol. The van der Waals surface area contributed by atoms with E-state index in [9.17, 15) is 4.79 Å². The molecule has 3 rings (SSSR count). The predicted octanol–water partition coefficient (Wildman–Crippen LogP) is 5.19. The quantitative estimate of drug-likeness (QED) is 0.568. The van der Waals surface area contributed by atoms with Gasteiger partial charge in [0, 0.05) is 36.0 Å². The van der Waals surface area contributed by atoms with Crippen molar-refractivity contribution in [2.45, 2.75) is 26.4 Å². The van der Waals surface area contributed by atoms with Gasteiger partial charge in [0.05, 0.1) is 0 Å². The van der Waals surface area contributed by atoms with E-state index in [1.165, 1.54) is 5.56 Å². The van der Waals surface area contributed by atoms with E-state index in [-0.39, 0.29) is 6.61 Å². The summed E-state index contributed by atoms with van der Waals surface area (Å²) in [6.07, 6.45) is 5.53. The third-order valence-corrected chi connectivity index (χ3v) is 4.59. The number of nitrogens with zero attached hydrogens (tertiary/aromatic N) is 1. The van der Waals surface area contributed by atoms with Crippen molar-refractivity contribution < 1.29 is 9.53 Å². The van der Waals surface area contributed by atoms with Crippen LogP contribution in [0, 0.1) is 5.92 Å². The molecular formula is C22H25N3O2. The van der Waals surface area contributed by atoms with E-state index in [0.29, 0.717) is 5.92 Å². The Hall–Kier alpha value is -3.08. The lowest BCUT2D eigenvalue weighted by Crippen LogP contribution is -2.13. The average Bonchev–Trinajstić information content (AvgIpc) is 3.09. The molecule has 0 aliphatic carbocycles. The number of hydrogen-bond donors (Lipinski definition) is 2. The van der Waals surface area contributed by atoms with Crippen molar-refractivity contribution >= 4 is 28.9 Å². The Morgan fingerprint density at radius 1 is 1.26 bits per heavy atom. The molecule has 0 fully saturated rings. The third kappa shape index (κ3) is 4.97. The summed E-state index contributed by atoms with van der Waals surface area (Å²) in [5.41, 5.74) is 3.95. The summed E-state index contributed by atoms with van der Waals surface area (Å²) >= 11 is 0. The summed E-state index contributed by atoms with van der Waals surface area (Å²) in [5, 5.41) is 3.92. The maximum Gasteiger partial charge on any atom is 0.411 e. The Morgan fingerprint density at radius 2 is 2.07 bits per heavy atom. The molecule has 0 radical (unpaired) electrons. The normalized spacial score (nSPS) is 12.4. The first-order chi connectivity index (χ1) is 13.2. The molecule has 1 amide bonds. The maximum absolute atomic E-state index is 12.1.